The molecule has 7 nitrogen and oxygen atoms in total. The molecular weight excluding hydrogens is 292 g/mol. The molecule has 2 atom stereocenters. The van der Waals surface area contributed by atoms with Crippen molar-refractivity contribution in [1.82, 2.24) is 24.6 Å². The predicted octanol–water partition coefficient (Wildman–Crippen LogP) is 0.798. The van der Waals surface area contributed by atoms with E-state index in [1.54, 1.807) is 6.20 Å². The summed E-state index contributed by atoms with van der Waals surface area (Å²) in [6.07, 6.45) is 3.84. The first kappa shape index (κ1) is 14.6. The van der Waals surface area contributed by atoms with Gasteiger partial charge in [0.2, 0.25) is 0 Å². The second kappa shape index (κ2) is 5.58. The molecule has 122 valence electrons. The van der Waals surface area contributed by atoms with Crippen LogP contribution in [0, 0.1) is 13.8 Å². The fourth-order valence-electron chi connectivity index (χ4n) is 3.51. The number of rotatable bonds is 2. The number of hydrogen-bond acceptors (Lipinski definition) is 6. The van der Waals surface area contributed by atoms with Gasteiger partial charge in [-0.25, -0.2) is 9.67 Å². The highest BCUT2D eigenvalue weighted by Gasteiger charge is 2.39. The van der Waals surface area contributed by atoms with Crippen molar-refractivity contribution in [1.29, 1.82) is 0 Å². The summed E-state index contributed by atoms with van der Waals surface area (Å²) in [6, 6.07) is 2.48. The Hall–Kier alpha value is -1.99. The summed E-state index contributed by atoms with van der Waals surface area (Å²) in [5.41, 5.74) is 2.05. The van der Waals surface area contributed by atoms with Crippen molar-refractivity contribution in [2.45, 2.75) is 26.0 Å². The van der Waals surface area contributed by atoms with Crippen molar-refractivity contribution in [2.75, 3.05) is 38.2 Å². The first-order valence-electron chi connectivity index (χ1n) is 8.04. The van der Waals surface area contributed by atoms with Crippen LogP contribution in [0.15, 0.2) is 18.5 Å². The number of morpholine rings is 1. The molecule has 2 aromatic rings. The van der Waals surface area contributed by atoms with Gasteiger partial charge in [0.1, 0.15) is 5.82 Å². The summed E-state index contributed by atoms with van der Waals surface area (Å²) >= 11 is 0. The van der Waals surface area contributed by atoms with E-state index in [1.807, 2.05) is 30.8 Å². The van der Waals surface area contributed by atoms with Crippen LogP contribution in [0.2, 0.25) is 0 Å². The van der Waals surface area contributed by atoms with Gasteiger partial charge in [0.25, 0.3) is 0 Å². The number of aromatic nitrogens is 4. The SMILES string of the molecule is Cc1cc(C)n(-c2cncc(N3CC4OCCN(C)C4C3)n2)n1. The Kier molecular flexibility index (Phi) is 3.54. The van der Waals surface area contributed by atoms with Gasteiger partial charge >= 0.3 is 0 Å². The largest absolute Gasteiger partial charge is 0.373 e. The molecule has 2 fully saturated rings. The molecule has 0 aromatic carbocycles. The topological polar surface area (TPSA) is 59.3 Å². The van der Waals surface area contributed by atoms with E-state index in [9.17, 15) is 0 Å². The number of nitrogens with zero attached hydrogens (tertiary/aromatic N) is 6. The van der Waals surface area contributed by atoms with E-state index in [4.69, 9.17) is 9.72 Å². The fourth-order valence-corrected chi connectivity index (χ4v) is 3.51. The Balaban J connectivity index is 1.61. The molecule has 4 rings (SSSR count). The molecule has 2 aliphatic rings. The van der Waals surface area contributed by atoms with Crippen LogP contribution in [0.25, 0.3) is 5.82 Å². The van der Waals surface area contributed by atoms with Gasteiger partial charge in [-0.3, -0.25) is 9.88 Å². The molecule has 2 saturated heterocycles. The third kappa shape index (κ3) is 2.60. The van der Waals surface area contributed by atoms with Crippen molar-refractivity contribution >= 4 is 5.82 Å². The summed E-state index contributed by atoms with van der Waals surface area (Å²) in [5, 5.41) is 4.50. The number of ether oxygens (including phenoxy) is 1. The van der Waals surface area contributed by atoms with Crippen molar-refractivity contribution in [3.63, 3.8) is 0 Å². The average molecular weight is 314 g/mol. The van der Waals surface area contributed by atoms with Gasteiger partial charge < -0.3 is 9.64 Å². The average Bonchev–Trinajstić information content (AvgIpc) is 3.11. The van der Waals surface area contributed by atoms with Gasteiger partial charge in [-0.2, -0.15) is 5.10 Å². The minimum Gasteiger partial charge on any atom is -0.373 e. The smallest absolute Gasteiger partial charge is 0.174 e. The van der Waals surface area contributed by atoms with Crippen molar-refractivity contribution < 1.29 is 4.74 Å². The van der Waals surface area contributed by atoms with E-state index in [1.165, 1.54) is 0 Å². The maximum atomic E-state index is 5.91. The maximum absolute atomic E-state index is 5.91. The van der Waals surface area contributed by atoms with E-state index >= 15 is 0 Å². The Morgan fingerprint density at radius 2 is 2.00 bits per heavy atom. The lowest BCUT2D eigenvalue weighted by Crippen LogP contribution is -2.48. The van der Waals surface area contributed by atoms with Gasteiger partial charge in [0.15, 0.2) is 5.82 Å². The summed E-state index contributed by atoms with van der Waals surface area (Å²) < 4.78 is 7.76. The zero-order valence-electron chi connectivity index (χ0n) is 13.8. The molecule has 0 spiro atoms. The molecule has 4 heterocycles. The third-order valence-electron chi connectivity index (χ3n) is 4.74. The van der Waals surface area contributed by atoms with Crippen LogP contribution >= 0.6 is 0 Å². The molecule has 2 aliphatic heterocycles. The van der Waals surface area contributed by atoms with Crippen LogP contribution in [-0.2, 0) is 4.74 Å². The monoisotopic (exact) mass is 314 g/mol. The van der Waals surface area contributed by atoms with E-state index in [2.05, 4.69) is 26.9 Å². The highest BCUT2D eigenvalue weighted by Crippen LogP contribution is 2.25. The van der Waals surface area contributed by atoms with Gasteiger partial charge in [0.05, 0.1) is 36.8 Å². The summed E-state index contributed by atoms with van der Waals surface area (Å²) in [7, 11) is 2.17. The van der Waals surface area contributed by atoms with Crippen LogP contribution in [0.1, 0.15) is 11.4 Å². The number of likely N-dealkylation sites (N-methyl/N-ethyl adjacent to an activating group) is 1. The van der Waals surface area contributed by atoms with Crippen LogP contribution in [0.4, 0.5) is 5.82 Å². The van der Waals surface area contributed by atoms with Gasteiger partial charge in [-0.15, -0.1) is 0 Å². The van der Waals surface area contributed by atoms with Crippen LogP contribution < -0.4 is 4.90 Å². The number of aryl methyl sites for hydroxylation is 2. The number of fused-ring (bicyclic) bond motifs is 1. The van der Waals surface area contributed by atoms with Crippen molar-refractivity contribution in [3.05, 3.63) is 29.8 Å². The Labute approximate surface area is 135 Å². The van der Waals surface area contributed by atoms with Gasteiger partial charge in [0, 0.05) is 25.3 Å². The van der Waals surface area contributed by atoms with E-state index in [-0.39, 0.29) is 6.10 Å². The van der Waals surface area contributed by atoms with E-state index in [0.29, 0.717) is 6.04 Å². The highest BCUT2D eigenvalue weighted by molar-refractivity contribution is 5.42. The van der Waals surface area contributed by atoms with E-state index < -0.39 is 0 Å². The van der Waals surface area contributed by atoms with Crippen molar-refractivity contribution in [3.8, 4) is 5.82 Å². The zero-order chi connectivity index (χ0) is 16.0. The molecular formula is C16H22N6O. The highest BCUT2D eigenvalue weighted by atomic mass is 16.5. The lowest BCUT2D eigenvalue weighted by molar-refractivity contribution is -0.0362. The second-order valence-electron chi connectivity index (χ2n) is 6.44. The first-order chi connectivity index (χ1) is 11.1. The van der Waals surface area contributed by atoms with Crippen LogP contribution in [0.5, 0.6) is 0 Å². The molecule has 0 aliphatic carbocycles. The number of anilines is 1. The quantitative estimate of drug-likeness (QED) is 0.817. The van der Waals surface area contributed by atoms with Gasteiger partial charge in [-0.1, -0.05) is 0 Å². The second-order valence-corrected chi connectivity index (χ2v) is 6.44. The minimum atomic E-state index is 0.257. The molecule has 0 radical (unpaired) electrons. The maximum Gasteiger partial charge on any atom is 0.174 e. The predicted molar refractivity (Wildman–Crippen MR) is 87.0 cm³/mol. The zero-order valence-corrected chi connectivity index (χ0v) is 13.8. The summed E-state index contributed by atoms with van der Waals surface area (Å²) in [5.74, 6) is 1.65. The lowest BCUT2D eigenvalue weighted by atomic mass is 10.1. The van der Waals surface area contributed by atoms with Crippen molar-refractivity contribution in [2.24, 2.45) is 0 Å². The van der Waals surface area contributed by atoms with Crippen LogP contribution in [0.3, 0.4) is 0 Å². The summed E-state index contributed by atoms with van der Waals surface area (Å²) in [6.45, 7) is 7.61. The minimum absolute atomic E-state index is 0.257. The molecule has 0 N–H and O–H groups in total. The molecule has 0 amide bonds. The molecule has 0 saturated carbocycles. The first-order valence-corrected chi connectivity index (χ1v) is 8.04. The fraction of sp³-hybridized carbons (Fsp3) is 0.562. The Morgan fingerprint density at radius 1 is 1.17 bits per heavy atom. The van der Waals surface area contributed by atoms with Crippen LogP contribution in [-0.4, -0.2) is 70.1 Å². The van der Waals surface area contributed by atoms with Gasteiger partial charge in [-0.05, 0) is 27.0 Å². The molecule has 2 aromatic heterocycles. The standard InChI is InChI=1S/C16H22N6O/c1-11-6-12(2)22(19-11)16-8-17-7-15(18-16)21-9-13-14(10-21)23-5-4-20(13)3/h6-8,13-14H,4-5,9-10H2,1-3H3. The normalized spacial score (nSPS) is 24.9. The molecule has 0 bridgehead atoms. The molecule has 23 heavy (non-hydrogen) atoms. The molecule has 7 heteroatoms. The Bertz CT molecular complexity index is 714. The lowest BCUT2D eigenvalue weighted by Gasteiger charge is -2.33. The van der Waals surface area contributed by atoms with E-state index in [0.717, 1.165) is 49.3 Å². The molecule has 2 unspecified atom stereocenters. The number of hydrogen-bond donors (Lipinski definition) is 0. The third-order valence-corrected chi connectivity index (χ3v) is 4.74. The summed E-state index contributed by atoms with van der Waals surface area (Å²) in [4.78, 5) is 13.8. The Morgan fingerprint density at radius 3 is 2.74 bits per heavy atom.